The summed E-state index contributed by atoms with van der Waals surface area (Å²) >= 11 is 0. The first kappa shape index (κ1) is 7.94. The quantitative estimate of drug-likeness (QED) is 0.381. The first-order valence-corrected chi connectivity index (χ1v) is 4.05. The molecule has 0 aromatic heterocycles. The molecule has 11 heavy (non-hydrogen) atoms. The molecule has 3 N–H and O–H groups in total. The molecule has 0 aromatic rings. The van der Waals surface area contributed by atoms with E-state index in [1.807, 2.05) is 0 Å². The first-order chi connectivity index (χ1) is 4.90. The molecule has 0 aromatic carbocycles. The molecule has 0 aliphatic carbocycles. The summed E-state index contributed by atoms with van der Waals surface area (Å²) in [6.07, 6.45) is 1.39. The SMILES string of the molecule is C1C2CN3NC1C[NH+](C2)N3.[Br-]. The summed E-state index contributed by atoms with van der Waals surface area (Å²) < 4.78 is 0. The van der Waals surface area contributed by atoms with E-state index in [1.165, 1.54) is 26.1 Å². The Balaban J connectivity index is 0.000000480. The van der Waals surface area contributed by atoms with Crippen LogP contribution in [0.2, 0.25) is 0 Å². The Morgan fingerprint density at radius 2 is 2.27 bits per heavy atom. The lowest BCUT2D eigenvalue weighted by Gasteiger charge is -2.50. The van der Waals surface area contributed by atoms with Crippen LogP contribution in [0.25, 0.3) is 0 Å². The van der Waals surface area contributed by atoms with Crippen molar-refractivity contribution >= 4 is 0 Å². The molecule has 4 heterocycles. The van der Waals surface area contributed by atoms with Gasteiger partial charge in [-0.05, 0) is 6.42 Å². The van der Waals surface area contributed by atoms with Crippen LogP contribution in [0.1, 0.15) is 6.42 Å². The van der Waals surface area contributed by atoms with Gasteiger partial charge in [-0.1, -0.05) is 5.53 Å². The number of rotatable bonds is 0. The van der Waals surface area contributed by atoms with Crippen molar-refractivity contribution < 1.29 is 22.0 Å². The lowest BCUT2D eigenvalue weighted by molar-refractivity contribution is -0.987. The molecule has 4 nitrogen and oxygen atoms in total. The lowest BCUT2D eigenvalue weighted by atomic mass is 9.93. The minimum absolute atomic E-state index is 0. The second kappa shape index (κ2) is 2.67. The van der Waals surface area contributed by atoms with Crippen molar-refractivity contribution in [3.63, 3.8) is 0 Å². The van der Waals surface area contributed by atoms with Gasteiger partial charge in [0.1, 0.15) is 13.1 Å². The van der Waals surface area contributed by atoms with Crippen molar-refractivity contribution in [2.45, 2.75) is 12.5 Å². The van der Waals surface area contributed by atoms with Crippen LogP contribution in [0.15, 0.2) is 0 Å². The molecule has 0 spiro atoms. The Hall–Kier alpha value is 0.320. The molecule has 4 saturated heterocycles. The molecule has 4 unspecified atom stereocenters. The van der Waals surface area contributed by atoms with Gasteiger partial charge in [-0.2, -0.15) is 0 Å². The summed E-state index contributed by atoms with van der Waals surface area (Å²) in [6.45, 7) is 3.78. The van der Waals surface area contributed by atoms with Crippen LogP contribution in [0.3, 0.4) is 0 Å². The Morgan fingerprint density at radius 3 is 2.91 bits per heavy atom. The highest BCUT2D eigenvalue weighted by molar-refractivity contribution is 4.81. The maximum absolute atomic E-state index is 3.42. The zero-order valence-electron chi connectivity index (χ0n) is 6.31. The van der Waals surface area contributed by atoms with Crippen LogP contribution < -0.4 is 33.0 Å². The summed E-state index contributed by atoms with van der Waals surface area (Å²) in [5.41, 5.74) is 6.77. The number of hydrogen-bond acceptors (Lipinski definition) is 3. The molecule has 4 aliphatic heterocycles. The fourth-order valence-electron chi connectivity index (χ4n) is 2.43. The predicted octanol–water partition coefficient (Wildman–Crippen LogP) is -5.48. The van der Waals surface area contributed by atoms with E-state index in [0.29, 0.717) is 0 Å². The molecule has 0 amide bonds. The van der Waals surface area contributed by atoms with E-state index in [1.54, 1.807) is 5.01 Å². The summed E-state index contributed by atoms with van der Waals surface area (Å²) in [7, 11) is 0. The van der Waals surface area contributed by atoms with E-state index in [2.05, 4.69) is 16.1 Å². The maximum atomic E-state index is 3.42. The third-order valence-corrected chi connectivity index (χ3v) is 2.72. The van der Waals surface area contributed by atoms with Gasteiger partial charge in [0, 0.05) is 12.5 Å². The third kappa shape index (κ3) is 1.21. The standard InChI is InChI=1S/C6H12N4.BrH/c1-5-2-9-4-6(1)7-10(3-5)8-9;/h5-8H,1-4H2;1H. The normalized spacial score (nSPS) is 52.4. The Bertz CT molecular complexity index is 106. The van der Waals surface area contributed by atoms with Crippen LogP contribution >= 0.6 is 0 Å². The summed E-state index contributed by atoms with van der Waals surface area (Å²) in [5.74, 6) is 0.941. The van der Waals surface area contributed by atoms with Crippen molar-refractivity contribution in [3.05, 3.63) is 0 Å². The molecule has 0 saturated carbocycles. The van der Waals surface area contributed by atoms with Gasteiger partial charge in [0.05, 0.1) is 6.04 Å². The number of piperidine rings is 1. The second-order valence-electron chi connectivity index (χ2n) is 3.66. The van der Waals surface area contributed by atoms with Crippen LogP contribution in [-0.2, 0) is 0 Å². The number of hydrazine groups is 2. The van der Waals surface area contributed by atoms with E-state index in [-0.39, 0.29) is 17.0 Å². The lowest BCUT2D eigenvalue weighted by Crippen LogP contribution is -3.26. The smallest absolute Gasteiger partial charge is 0.113 e. The van der Waals surface area contributed by atoms with E-state index in [0.717, 1.165) is 12.0 Å². The molecule has 4 fully saturated rings. The Labute approximate surface area is 76.6 Å². The minimum atomic E-state index is 0. The monoisotopic (exact) mass is 220 g/mol. The summed E-state index contributed by atoms with van der Waals surface area (Å²) in [6, 6.07) is 0.753. The summed E-state index contributed by atoms with van der Waals surface area (Å²) in [5, 5.41) is 3.70. The third-order valence-electron chi connectivity index (χ3n) is 2.72. The van der Waals surface area contributed by atoms with Gasteiger partial charge in [0.25, 0.3) is 0 Å². The van der Waals surface area contributed by atoms with Gasteiger partial charge < -0.3 is 17.0 Å². The van der Waals surface area contributed by atoms with Crippen molar-refractivity contribution in [3.8, 4) is 0 Å². The molecular formula is C6H13BrN4. The van der Waals surface area contributed by atoms with Crippen LogP contribution in [0, 0.1) is 5.92 Å². The number of quaternary nitrogens is 1. The molecule has 5 heteroatoms. The largest absolute Gasteiger partial charge is 1.00 e. The number of halogens is 1. The van der Waals surface area contributed by atoms with Gasteiger partial charge in [-0.15, -0.1) is 5.12 Å². The average molecular weight is 221 g/mol. The highest BCUT2D eigenvalue weighted by Crippen LogP contribution is 2.15. The second-order valence-corrected chi connectivity index (χ2v) is 3.66. The maximum Gasteiger partial charge on any atom is 0.113 e. The zero-order valence-corrected chi connectivity index (χ0v) is 7.89. The van der Waals surface area contributed by atoms with Gasteiger partial charge in [-0.25, -0.2) is 10.4 Å². The van der Waals surface area contributed by atoms with Gasteiger partial charge in [0.2, 0.25) is 0 Å². The minimum Gasteiger partial charge on any atom is -1.00 e. The van der Waals surface area contributed by atoms with E-state index >= 15 is 0 Å². The van der Waals surface area contributed by atoms with E-state index in [4.69, 9.17) is 0 Å². The van der Waals surface area contributed by atoms with Crippen molar-refractivity contribution in [1.82, 2.24) is 16.1 Å². The van der Waals surface area contributed by atoms with Crippen LogP contribution in [-0.4, -0.2) is 30.8 Å². The van der Waals surface area contributed by atoms with Gasteiger partial charge in [0.15, 0.2) is 0 Å². The van der Waals surface area contributed by atoms with Crippen molar-refractivity contribution in [2.24, 2.45) is 5.92 Å². The van der Waals surface area contributed by atoms with Crippen molar-refractivity contribution in [1.29, 1.82) is 0 Å². The molecule has 4 atom stereocenters. The first-order valence-electron chi connectivity index (χ1n) is 4.05. The Kier molecular flexibility index (Phi) is 1.93. The highest BCUT2D eigenvalue weighted by atomic mass is 79.9. The fourth-order valence-corrected chi connectivity index (χ4v) is 2.43. The zero-order chi connectivity index (χ0) is 6.55. The molecule has 4 rings (SSSR count). The van der Waals surface area contributed by atoms with Gasteiger partial charge >= 0.3 is 0 Å². The molecule has 0 radical (unpaired) electrons. The van der Waals surface area contributed by atoms with Crippen LogP contribution in [0.4, 0.5) is 0 Å². The number of nitrogens with zero attached hydrogens (tertiary/aromatic N) is 1. The van der Waals surface area contributed by atoms with E-state index < -0.39 is 0 Å². The van der Waals surface area contributed by atoms with E-state index in [9.17, 15) is 0 Å². The fraction of sp³-hybridized carbons (Fsp3) is 1.00. The molecule has 4 bridgehead atoms. The number of hydrogen-bond donors (Lipinski definition) is 3. The van der Waals surface area contributed by atoms with Gasteiger partial charge in [-0.3, -0.25) is 0 Å². The molecular weight excluding hydrogens is 208 g/mol. The highest BCUT2D eigenvalue weighted by Gasteiger charge is 2.42. The molecule has 64 valence electrons. The Morgan fingerprint density at radius 1 is 1.36 bits per heavy atom. The topological polar surface area (TPSA) is 31.7 Å². The average Bonchev–Trinajstić information content (AvgIpc) is 1.82. The molecule has 4 aliphatic rings. The number of nitrogens with one attached hydrogen (secondary N) is 3. The predicted molar refractivity (Wildman–Crippen MR) is 35.6 cm³/mol. The van der Waals surface area contributed by atoms with Crippen LogP contribution in [0.5, 0.6) is 0 Å². The van der Waals surface area contributed by atoms with Crippen molar-refractivity contribution in [2.75, 3.05) is 19.6 Å². The summed E-state index contributed by atoms with van der Waals surface area (Å²) in [4.78, 5) is 0.